The first-order valence-electron chi connectivity index (χ1n) is 9.01. The molecule has 0 spiro atoms. The van der Waals surface area contributed by atoms with Crippen molar-refractivity contribution >= 4 is 26.5 Å². The summed E-state index contributed by atoms with van der Waals surface area (Å²) in [5, 5.41) is 1.68. The Morgan fingerprint density at radius 3 is 2.39 bits per heavy atom. The van der Waals surface area contributed by atoms with E-state index in [-0.39, 0.29) is 11.4 Å². The molecular weight excluding hydrogens is 376 g/mol. The lowest BCUT2D eigenvalue weighted by atomic mass is 10.00. The van der Waals surface area contributed by atoms with Crippen LogP contribution in [0.2, 0.25) is 0 Å². The summed E-state index contributed by atoms with van der Waals surface area (Å²) in [6.07, 6.45) is 0.533. The molecule has 0 radical (unpaired) electrons. The molecule has 28 heavy (non-hydrogen) atoms. The topological polar surface area (TPSA) is 68.7 Å². The number of aromatic nitrogens is 1. The highest BCUT2D eigenvalue weighted by Gasteiger charge is 2.34. The highest BCUT2D eigenvalue weighted by Crippen LogP contribution is 2.48. The van der Waals surface area contributed by atoms with Crippen molar-refractivity contribution in [2.75, 3.05) is 25.1 Å². The Morgan fingerprint density at radius 2 is 1.75 bits per heavy atom. The van der Waals surface area contributed by atoms with Gasteiger partial charge in [0.2, 0.25) is 0 Å². The SMILES string of the molecule is COc1cc2cc(C)nc3c2c(c1OC)N(S(=O)(=O)c1ccc(C)cc1)CC3. The minimum atomic E-state index is -3.77. The minimum Gasteiger partial charge on any atom is -0.493 e. The van der Waals surface area contributed by atoms with Crippen LogP contribution in [0.5, 0.6) is 11.5 Å². The lowest BCUT2D eigenvalue weighted by Crippen LogP contribution is -2.36. The Kier molecular flexibility index (Phi) is 4.42. The predicted molar refractivity (Wildman–Crippen MR) is 109 cm³/mol. The van der Waals surface area contributed by atoms with Crippen molar-refractivity contribution in [2.45, 2.75) is 25.2 Å². The molecule has 4 rings (SSSR count). The number of aryl methyl sites for hydroxylation is 2. The smallest absolute Gasteiger partial charge is 0.264 e. The molecule has 6 nitrogen and oxygen atoms in total. The van der Waals surface area contributed by atoms with E-state index in [4.69, 9.17) is 9.47 Å². The summed E-state index contributed by atoms with van der Waals surface area (Å²) in [4.78, 5) is 4.90. The van der Waals surface area contributed by atoms with Crippen molar-refractivity contribution in [2.24, 2.45) is 0 Å². The number of methoxy groups -OCH3 is 2. The van der Waals surface area contributed by atoms with E-state index in [2.05, 4.69) is 4.98 Å². The summed E-state index contributed by atoms with van der Waals surface area (Å²) in [7, 11) is -0.696. The van der Waals surface area contributed by atoms with Gasteiger partial charge in [-0.1, -0.05) is 17.7 Å². The second kappa shape index (κ2) is 6.67. The molecular formula is C21H22N2O4S. The average molecular weight is 398 g/mol. The second-order valence-corrected chi connectivity index (χ2v) is 8.77. The summed E-state index contributed by atoms with van der Waals surface area (Å²) < 4.78 is 39.5. The quantitative estimate of drug-likeness (QED) is 0.671. The molecule has 0 bridgehead atoms. The lowest BCUT2D eigenvalue weighted by Gasteiger charge is -2.32. The molecule has 1 aromatic heterocycles. The Hall–Kier alpha value is -2.80. The molecule has 0 fully saturated rings. The van der Waals surface area contributed by atoms with E-state index in [1.807, 2.05) is 26.0 Å². The van der Waals surface area contributed by atoms with E-state index in [9.17, 15) is 8.42 Å². The van der Waals surface area contributed by atoms with Crippen LogP contribution >= 0.6 is 0 Å². The molecule has 0 N–H and O–H groups in total. The first-order valence-corrected chi connectivity index (χ1v) is 10.5. The summed E-state index contributed by atoms with van der Waals surface area (Å²) in [5.74, 6) is 0.893. The largest absolute Gasteiger partial charge is 0.493 e. The van der Waals surface area contributed by atoms with E-state index in [1.165, 1.54) is 11.4 Å². The Balaban J connectivity index is 2.03. The zero-order valence-corrected chi connectivity index (χ0v) is 17.1. The van der Waals surface area contributed by atoms with E-state index in [1.54, 1.807) is 31.4 Å². The van der Waals surface area contributed by atoms with Crippen LogP contribution in [-0.2, 0) is 16.4 Å². The fraction of sp³-hybridized carbons (Fsp3) is 0.286. The maximum Gasteiger partial charge on any atom is 0.264 e. The van der Waals surface area contributed by atoms with Gasteiger partial charge in [-0.05, 0) is 43.5 Å². The number of nitrogens with zero attached hydrogens (tertiary/aromatic N) is 2. The lowest BCUT2D eigenvalue weighted by molar-refractivity contribution is 0.356. The van der Waals surface area contributed by atoms with Crippen LogP contribution < -0.4 is 13.8 Å². The molecule has 0 aliphatic carbocycles. The molecule has 0 atom stereocenters. The highest BCUT2D eigenvalue weighted by atomic mass is 32.2. The third kappa shape index (κ3) is 2.77. The van der Waals surface area contributed by atoms with Gasteiger partial charge < -0.3 is 9.47 Å². The number of hydrogen-bond donors (Lipinski definition) is 0. The summed E-state index contributed by atoms with van der Waals surface area (Å²) in [6.45, 7) is 4.15. The summed E-state index contributed by atoms with van der Waals surface area (Å²) >= 11 is 0. The average Bonchev–Trinajstić information content (AvgIpc) is 2.67. The number of rotatable bonds is 4. The van der Waals surface area contributed by atoms with Gasteiger partial charge in [0, 0.05) is 24.0 Å². The predicted octanol–water partition coefficient (Wildman–Crippen LogP) is 3.62. The molecule has 146 valence electrons. The van der Waals surface area contributed by atoms with Crippen molar-refractivity contribution in [3.8, 4) is 11.5 Å². The first-order chi connectivity index (χ1) is 13.4. The molecule has 0 saturated carbocycles. The van der Waals surface area contributed by atoms with Gasteiger partial charge >= 0.3 is 0 Å². The van der Waals surface area contributed by atoms with E-state index < -0.39 is 10.0 Å². The van der Waals surface area contributed by atoms with Gasteiger partial charge in [-0.15, -0.1) is 0 Å². The van der Waals surface area contributed by atoms with Gasteiger partial charge in [0.05, 0.1) is 24.8 Å². The van der Waals surface area contributed by atoms with E-state index >= 15 is 0 Å². The fourth-order valence-electron chi connectivity index (χ4n) is 3.75. The Bertz CT molecular complexity index is 1170. The molecule has 3 aromatic rings. The third-order valence-electron chi connectivity index (χ3n) is 5.05. The van der Waals surface area contributed by atoms with E-state index in [0.717, 1.165) is 27.7 Å². The normalized spacial score (nSPS) is 13.6. The summed E-state index contributed by atoms with van der Waals surface area (Å²) in [5.41, 5.74) is 3.26. The number of hydrogen-bond acceptors (Lipinski definition) is 5. The summed E-state index contributed by atoms with van der Waals surface area (Å²) in [6, 6.07) is 10.7. The number of benzene rings is 2. The van der Waals surface area contributed by atoms with Crippen LogP contribution in [0.25, 0.3) is 10.8 Å². The first kappa shape index (κ1) is 18.6. The van der Waals surface area contributed by atoms with Crippen molar-refractivity contribution in [1.82, 2.24) is 4.98 Å². The molecule has 7 heteroatoms. The molecule has 1 aliphatic rings. The van der Waals surface area contributed by atoms with Crippen LogP contribution in [0.15, 0.2) is 41.3 Å². The number of ether oxygens (including phenoxy) is 2. The molecule has 1 aliphatic heterocycles. The van der Waals surface area contributed by atoms with Crippen LogP contribution in [0.4, 0.5) is 5.69 Å². The minimum absolute atomic E-state index is 0.250. The van der Waals surface area contributed by atoms with Crippen molar-refractivity contribution in [3.63, 3.8) is 0 Å². The monoisotopic (exact) mass is 398 g/mol. The van der Waals surface area contributed by atoms with Crippen molar-refractivity contribution in [1.29, 1.82) is 0 Å². The maximum atomic E-state index is 13.5. The van der Waals surface area contributed by atoms with Crippen LogP contribution in [-0.4, -0.2) is 34.2 Å². The number of sulfonamides is 1. The number of pyridine rings is 1. The van der Waals surface area contributed by atoms with Crippen LogP contribution in [0, 0.1) is 13.8 Å². The van der Waals surface area contributed by atoms with Gasteiger partial charge in [-0.2, -0.15) is 0 Å². The fourth-order valence-corrected chi connectivity index (χ4v) is 5.23. The van der Waals surface area contributed by atoms with E-state index in [0.29, 0.717) is 23.6 Å². The zero-order valence-electron chi connectivity index (χ0n) is 16.3. The van der Waals surface area contributed by atoms with Crippen LogP contribution in [0.3, 0.4) is 0 Å². The number of anilines is 1. The second-order valence-electron chi connectivity index (χ2n) is 6.91. The van der Waals surface area contributed by atoms with Crippen molar-refractivity contribution < 1.29 is 17.9 Å². The third-order valence-corrected chi connectivity index (χ3v) is 6.86. The molecule has 2 aromatic carbocycles. The highest BCUT2D eigenvalue weighted by molar-refractivity contribution is 7.92. The Labute approximate surface area is 164 Å². The van der Waals surface area contributed by atoms with Gasteiger partial charge in [0.1, 0.15) is 5.69 Å². The molecule has 0 unspecified atom stereocenters. The van der Waals surface area contributed by atoms with Gasteiger partial charge in [0.25, 0.3) is 10.0 Å². The van der Waals surface area contributed by atoms with Crippen molar-refractivity contribution in [3.05, 3.63) is 53.3 Å². The Morgan fingerprint density at radius 1 is 1.04 bits per heavy atom. The molecule has 0 saturated heterocycles. The maximum absolute atomic E-state index is 13.5. The van der Waals surface area contributed by atoms with Crippen LogP contribution in [0.1, 0.15) is 17.0 Å². The molecule has 2 heterocycles. The zero-order chi connectivity index (χ0) is 20.1. The van der Waals surface area contributed by atoms with Gasteiger partial charge in [-0.25, -0.2) is 8.42 Å². The standard InChI is InChI=1S/C21H22N2O4S/c1-13-5-7-16(8-6-13)28(24,25)23-10-9-17-19-15(11-14(2)22-17)12-18(26-3)21(27-4)20(19)23/h5-8,11-12H,9-10H2,1-4H3. The van der Waals surface area contributed by atoms with Gasteiger partial charge in [0.15, 0.2) is 11.5 Å². The van der Waals surface area contributed by atoms with Gasteiger partial charge in [-0.3, -0.25) is 9.29 Å². The molecule has 0 amide bonds.